The Morgan fingerprint density at radius 2 is 1.84 bits per heavy atom. The van der Waals surface area contributed by atoms with E-state index in [1.807, 2.05) is 48.2 Å². The van der Waals surface area contributed by atoms with Crippen molar-refractivity contribution in [3.05, 3.63) is 53.1 Å². The van der Waals surface area contributed by atoms with Crippen LogP contribution in [0.2, 0.25) is 5.02 Å². The van der Waals surface area contributed by atoms with Crippen molar-refractivity contribution in [2.24, 2.45) is 0 Å². The molecule has 3 aromatic rings. The van der Waals surface area contributed by atoms with E-state index in [0.29, 0.717) is 48.4 Å². The summed E-state index contributed by atoms with van der Waals surface area (Å²) in [5.41, 5.74) is 1.78. The number of aliphatic hydroxyl groups excluding tert-OH is 2. The zero-order valence-corrected chi connectivity index (χ0v) is 19.0. The van der Waals surface area contributed by atoms with Crippen molar-refractivity contribution in [1.29, 1.82) is 0 Å². The average molecular weight is 463 g/mol. The number of hydrogen-bond acceptors (Lipinski definition) is 7. The summed E-state index contributed by atoms with van der Waals surface area (Å²) < 4.78 is 6.84. The molecule has 0 saturated heterocycles. The molecule has 2 aromatic carbocycles. The minimum absolute atomic E-state index is 0.0452. The normalized spacial score (nSPS) is 12.4. The third-order valence-electron chi connectivity index (χ3n) is 5.13. The number of thiazole rings is 1. The second-order valence-corrected chi connectivity index (χ2v) is 8.77. The van der Waals surface area contributed by atoms with Crippen molar-refractivity contribution in [3.63, 3.8) is 0 Å². The summed E-state index contributed by atoms with van der Waals surface area (Å²) in [5.74, 6) is 0.629. The van der Waals surface area contributed by atoms with E-state index in [0.717, 1.165) is 15.8 Å². The molecule has 0 bridgehead atoms. The summed E-state index contributed by atoms with van der Waals surface area (Å²) in [4.78, 5) is 19.0. The molecule has 31 heavy (non-hydrogen) atoms. The van der Waals surface area contributed by atoms with Crippen LogP contribution in [0.15, 0.2) is 42.5 Å². The Morgan fingerprint density at radius 3 is 2.52 bits per heavy atom. The molecule has 1 unspecified atom stereocenters. The molecule has 0 aliphatic heterocycles. The smallest absolute Gasteiger partial charge is 0.279 e. The Kier molecular flexibility index (Phi) is 8.80. The number of ketones is 1. The maximum atomic E-state index is 12.6. The number of rotatable bonds is 12. The quantitative estimate of drug-likeness (QED) is 0.413. The number of fused-ring (bicyclic) bond motifs is 1. The summed E-state index contributed by atoms with van der Waals surface area (Å²) >= 11 is 7.46. The van der Waals surface area contributed by atoms with Gasteiger partial charge in [0.25, 0.3) is 5.19 Å². The van der Waals surface area contributed by atoms with Crippen LogP contribution >= 0.6 is 22.9 Å². The van der Waals surface area contributed by atoms with Crippen molar-refractivity contribution in [1.82, 2.24) is 9.88 Å². The monoisotopic (exact) mass is 462 g/mol. The topological polar surface area (TPSA) is 82.9 Å². The number of aliphatic hydroxyl groups is 2. The number of ether oxygens (including phenoxy) is 1. The molecule has 0 fully saturated rings. The number of carbonyl (C=O) groups excluding carboxylic acids is 1. The molecule has 2 N–H and O–H groups in total. The molecule has 0 saturated carbocycles. The SMILES string of the molecule is CC(C(=O)CCCN(CCO)CCO)c1ccc(Oc2nc3ccc(Cl)cc3s2)cc1. The van der Waals surface area contributed by atoms with Gasteiger partial charge in [-0.25, -0.2) is 4.98 Å². The fourth-order valence-corrected chi connectivity index (χ4v) is 4.45. The van der Waals surface area contributed by atoms with Gasteiger partial charge in [0.1, 0.15) is 11.5 Å². The van der Waals surface area contributed by atoms with E-state index < -0.39 is 0 Å². The highest BCUT2D eigenvalue weighted by Gasteiger charge is 2.16. The molecule has 166 valence electrons. The van der Waals surface area contributed by atoms with E-state index in [1.165, 1.54) is 11.3 Å². The summed E-state index contributed by atoms with van der Waals surface area (Å²) in [6.07, 6.45) is 1.16. The number of benzene rings is 2. The standard InChI is InChI=1S/C23H27ClN2O4S/c1-16(21(29)3-2-10-26(11-13-27)12-14-28)17-4-7-19(8-5-17)30-23-25-20-9-6-18(24)15-22(20)31-23/h4-9,15-16,27-28H,2-3,10-14H2,1H3. The van der Waals surface area contributed by atoms with Gasteiger partial charge in [0.15, 0.2) is 0 Å². The Hall–Kier alpha value is -2.03. The Labute approximate surface area is 191 Å². The van der Waals surface area contributed by atoms with Crippen LogP contribution in [-0.2, 0) is 4.79 Å². The molecule has 1 heterocycles. The average Bonchev–Trinajstić information content (AvgIpc) is 3.15. The predicted octanol–water partition coefficient (Wildman–Crippen LogP) is 4.48. The summed E-state index contributed by atoms with van der Waals surface area (Å²) in [6.45, 7) is 3.70. The molecule has 0 amide bonds. The summed E-state index contributed by atoms with van der Waals surface area (Å²) in [6, 6.07) is 13.1. The molecular formula is C23H27ClN2O4S. The molecule has 0 aliphatic carbocycles. The first-order chi connectivity index (χ1) is 15.0. The Bertz CT molecular complexity index is 987. The number of carbonyl (C=O) groups is 1. The largest absolute Gasteiger partial charge is 0.431 e. The third-order valence-corrected chi connectivity index (χ3v) is 6.26. The van der Waals surface area contributed by atoms with Crippen molar-refractivity contribution in [2.75, 3.05) is 32.8 Å². The number of nitrogens with zero attached hydrogens (tertiary/aromatic N) is 2. The second-order valence-electron chi connectivity index (χ2n) is 7.34. The summed E-state index contributed by atoms with van der Waals surface area (Å²) in [7, 11) is 0. The highest BCUT2D eigenvalue weighted by molar-refractivity contribution is 7.20. The first kappa shape index (κ1) is 23.6. The van der Waals surface area contributed by atoms with Gasteiger partial charge >= 0.3 is 0 Å². The predicted molar refractivity (Wildman–Crippen MR) is 124 cm³/mol. The van der Waals surface area contributed by atoms with Gasteiger partial charge in [0.2, 0.25) is 0 Å². The molecule has 1 aromatic heterocycles. The van der Waals surface area contributed by atoms with Gasteiger partial charge in [0.05, 0.1) is 23.4 Å². The fourth-order valence-electron chi connectivity index (χ4n) is 3.34. The molecule has 0 aliphatic rings. The lowest BCUT2D eigenvalue weighted by Gasteiger charge is -2.20. The summed E-state index contributed by atoms with van der Waals surface area (Å²) in [5, 5.41) is 19.3. The number of halogens is 1. The first-order valence-electron chi connectivity index (χ1n) is 10.3. The van der Waals surface area contributed by atoms with Crippen LogP contribution in [-0.4, -0.2) is 58.7 Å². The molecule has 8 heteroatoms. The lowest BCUT2D eigenvalue weighted by Crippen LogP contribution is -2.31. The van der Waals surface area contributed by atoms with Gasteiger partial charge in [-0.15, -0.1) is 0 Å². The van der Waals surface area contributed by atoms with Crippen molar-refractivity contribution < 1.29 is 19.7 Å². The van der Waals surface area contributed by atoms with Crippen molar-refractivity contribution in [2.45, 2.75) is 25.7 Å². The maximum absolute atomic E-state index is 12.6. The van der Waals surface area contributed by atoms with Gasteiger partial charge in [-0.2, -0.15) is 0 Å². The lowest BCUT2D eigenvalue weighted by molar-refractivity contribution is -0.120. The van der Waals surface area contributed by atoms with E-state index in [1.54, 1.807) is 6.07 Å². The van der Waals surface area contributed by atoms with E-state index in [4.69, 9.17) is 26.6 Å². The van der Waals surface area contributed by atoms with E-state index in [9.17, 15) is 4.79 Å². The Morgan fingerprint density at radius 1 is 1.13 bits per heavy atom. The lowest BCUT2D eigenvalue weighted by atomic mass is 9.94. The molecule has 3 rings (SSSR count). The minimum atomic E-state index is -0.206. The molecule has 1 atom stereocenters. The van der Waals surface area contributed by atoms with Crippen LogP contribution in [0.25, 0.3) is 10.2 Å². The van der Waals surface area contributed by atoms with Gasteiger partial charge < -0.3 is 14.9 Å². The van der Waals surface area contributed by atoms with Crippen LogP contribution in [0.4, 0.5) is 0 Å². The highest BCUT2D eigenvalue weighted by atomic mass is 35.5. The van der Waals surface area contributed by atoms with E-state index in [-0.39, 0.29) is 24.9 Å². The van der Waals surface area contributed by atoms with Gasteiger partial charge in [-0.1, -0.05) is 42.0 Å². The van der Waals surface area contributed by atoms with E-state index in [2.05, 4.69) is 4.98 Å². The zero-order chi connectivity index (χ0) is 22.2. The van der Waals surface area contributed by atoms with Crippen LogP contribution < -0.4 is 4.74 Å². The van der Waals surface area contributed by atoms with Gasteiger partial charge in [0, 0.05) is 30.5 Å². The second kappa shape index (κ2) is 11.5. The van der Waals surface area contributed by atoms with Crippen molar-refractivity contribution >= 4 is 38.9 Å². The van der Waals surface area contributed by atoms with Crippen LogP contribution in [0.5, 0.6) is 10.9 Å². The fraction of sp³-hybridized carbons (Fsp3) is 0.391. The van der Waals surface area contributed by atoms with Crippen LogP contribution in [0.3, 0.4) is 0 Å². The Balaban J connectivity index is 1.53. The highest BCUT2D eigenvalue weighted by Crippen LogP contribution is 2.33. The molecule has 0 radical (unpaired) electrons. The van der Waals surface area contributed by atoms with Crippen LogP contribution in [0.1, 0.15) is 31.2 Å². The van der Waals surface area contributed by atoms with Gasteiger partial charge in [-0.05, 0) is 48.9 Å². The van der Waals surface area contributed by atoms with Crippen molar-refractivity contribution in [3.8, 4) is 10.9 Å². The molecule has 0 spiro atoms. The number of aromatic nitrogens is 1. The molecule has 6 nitrogen and oxygen atoms in total. The number of hydrogen-bond donors (Lipinski definition) is 2. The number of Topliss-reactive ketones (excluding diaryl/α,β-unsaturated/α-hetero) is 1. The van der Waals surface area contributed by atoms with Crippen LogP contribution in [0, 0.1) is 0 Å². The van der Waals surface area contributed by atoms with E-state index >= 15 is 0 Å². The van der Waals surface area contributed by atoms with Gasteiger partial charge in [-0.3, -0.25) is 9.69 Å². The molecular weight excluding hydrogens is 436 g/mol. The third kappa shape index (κ3) is 6.72. The maximum Gasteiger partial charge on any atom is 0.279 e. The first-order valence-corrected chi connectivity index (χ1v) is 11.5. The zero-order valence-electron chi connectivity index (χ0n) is 17.5. The minimum Gasteiger partial charge on any atom is -0.431 e.